The zero-order chi connectivity index (χ0) is 10.1. The number of halogens is 2. The third kappa shape index (κ3) is 2.22. The van der Waals surface area contributed by atoms with Crippen LogP contribution in [0, 0.1) is 5.95 Å². The summed E-state index contributed by atoms with van der Waals surface area (Å²) >= 11 is 0. The first-order valence-corrected chi connectivity index (χ1v) is 5.31. The second kappa shape index (κ2) is 3.39. The van der Waals surface area contributed by atoms with Crippen LogP contribution in [0.5, 0.6) is 0 Å². The van der Waals surface area contributed by atoms with E-state index < -0.39 is 19.9 Å². The minimum absolute atomic E-state index is 0.0550. The Bertz CT molecular complexity index is 445. The van der Waals surface area contributed by atoms with E-state index in [2.05, 4.69) is 4.98 Å². The van der Waals surface area contributed by atoms with Crippen LogP contribution in [0.15, 0.2) is 17.2 Å². The van der Waals surface area contributed by atoms with Gasteiger partial charge < -0.3 is 0 Å². The van der Waals surface area contributed by atoms with E-state index in [-0.39, 0.29) is 5.56 Å². The summed E-state index contributed by atoms with van der Waals surface area (Å²) < 4.78 is 34.1. The van der Waals surface area contributed by atoms with Gasteiger partial charge in [0.05, 0.1) is 0 Å². The van der Waals surface area contributed by atoms with Crippen molar-refractivity contribution in [2.75, 3.05) is 0 Å². The normalized spacial score (nSPS) is 11.2. The summed E-state index contributed by atoms with van der Waals surface area (Å²) in [7, 11) is 0.679. The molecule has 0 saturated heterocycles. The average Bonchev–Trinajstić information content (AvgIpc) is 2.03. The van der Waals surface area contributed by atoms with E-state index in [0.717, 1.165) is 12.3 Å². The number of carbonyl (C=O) groups is 1. The fourth-order valence-electron chi connectivity index (χ4n) is 0.678. The summed E-state index contributed by atoms with van der Waals surface area (Å²) in [6, 6.07) is 0.817. The van der Waals surface area contributed by atoms with Crippen LogP contribution in [0.1, 0.15) is 10.4 Å². The van der Waals surface area contributed by atoms with Crippen molar-refractivity contribution in [3.63, 3.8) is 0 Å². The van der Waals surface area contributed by atoms with Crippen molar-refractivity contribution in [2.24, 2.45) is 0 Å². The van der Waals surface area contributed by atoms with E-state index in [0.29, 0.717) is 6.29 Å². The molecule has 0 aliphatic heterocycles. The van der Waals surface area contributed by atoms with Crippen LogP contribution in [0.3, 0.4) is 0 Å². The molecule has 0 aliphatic carbocycles. The predicted octanol–water partition coefficient (Wildman–Crippen LogP) is 0.961. The Morgan fingerprint density at radius 3 is 2.62 bits per heavy atom. The highest BCUT2D eigenvalue weighted by Gasteiger charge is 2.17. The molecule has 0 N–H and O–H groups in total. The van der Waals surface area contributed by atoms with E-state index >= 15 is 0 Å². The monoisotopic (exact) mass is 223 g/mol. The zero-order valence-electron chi connectivity index (χ0n) is 6.07. The summed E-state index contributed by atoms with van der Waals surface area (Å²) in [6.07, 6.45) is 1.26. The molecule has 70 valence electrons. The molecule has 0 radical (unpaired) electrons. The Balaban J connectivity index is 3.44. The lowest BCUT2D eigenvalue weighted by Crippen LogP contribution is -1.99. The molecule has 1 aromatic rings. The average molecular weight is 224 g/mol. The lowest BCUT2D eigenvalue weighted by molar-refractivity contribution is 0.112. The Morgan fingerprint density at radius 1 is 1.54 bits per heavy atom. The summed E-state index contributed by atoms with van der Waals surface area (Å²) in [5.41, 5.74) is -0.0550. The summed E-state index contributed by atoms with van der Waals surface area (Å²) in [5, 5.41) is 0. The van der Waals surface area contributed by atoms with Crippen molar-refractivity contribution < 1.29 is 17.6 Å². The molecular formula is C6H3ClFNO3S. The quantitative estimate of drug-likeness (QED) is 0.426. The SMILES string of the molecule is O=Cc1cnc(F)c(S(=O)(=O)Cl)c1. The molecule has 0 fully saturated rings. The van der Waals surface area contributed by atoms with Crippen molar-refractivity contribution in [1.29, 1.82) is 0 Å². The van der Waals surface area contributed by atoms with Gasteiger partial charge in [-0.2, -0.15) is 4.39 Å². The molecule has 13 heavy (non-hydrogen) atoms. The standard InChI is InChI=1S/C6H3ClFNO3S/c7-13(11,12)5-1-4(3-10)2-9-6(5)8/h1-3H. The van der Waals surface area contributed by atoms with Gasteiger partial charge in [0.1, 0.15) is 4.90 Å². The first-order valence-electron chi connectivity index (χ1n) is 3.00. The van der Waals surface area contributed by atoms with Crippen LogP contribution < -0.4 is 0 Å². The molecule has 0 bridgehead atoms. The first kappa shape index (κ1) is 10.1. The second-order valence-corrected chi connectivity index (χ2v) is 4.65. The molecule has 0 unspecified atom stereocenters. The van der Waals surface area contributed by atoms with Crippen molar-refractivity contribution in [3.8, 4) is 0 Å². The molecule has 1 rings (SSSR count). The number of rotatable bonds is 2. The minimum atomic E-state index is -4.19. The van der Waals surface area contributed by atoms with Crippen LogP contribution in [-0.4, -0.2) is 19.7 Å². The van der Waals surface area contributed by atoms with E-state index in [1.807, 2.05) is 0 Å². The summed E-state index contributed by atoms with van der Waals surface area (Å²) in [5.74, 6) is -1.22. The highest BCUT2D eigenvalue weighted by atomic mass is 35.7. The molecule has 0 atom stereocenters. The largest absolute Gasteiger partial charge is 0.298 e. The van der Waals surface area contributed by atoms with Gasteiger partial charge in [-0.25, -0.2) is 13.4 Å². The van der Waals surface area contributed by atoms with Gasteiger partial charge >= 0.3 is 0 Å². The lowest BCUT2D eigenvalue weighted by atomic mass is 10.3. The molecule has 4 nitrogen and oxygen atoms in total. The molecular weight excluding hydrogens is 221 g/mol. The van der Waals surface area contributed by atoms with Gasteiger partial charge in [0.25, 0.3) is 9.05 Å². The van der Waals surface area contributed by atoms with Crippen LogP contribution in [0.25, 0.3) is 0 Å². The van der Waals surface area contributed by atoms with Gasteiger partial charge in [0.15, 0.2) is 6.29 Å². The van der Waals surface area contributed by atoms with E-state index in [9.17, 15) is 17.6 Å². The van der Waals surface area contributed by atoms with Gasteiger partial charge in [0.2, 0.25) is 5.95 Å². The summed E-state index contributed by atoms with van der Waals surface area (Å²) in [6.45, 7) is 0. The van der Waals surface area contributed by atoms with Crippen molar-refractivity contribution >= 4 is 26.0 Å². The molecule has 0 aromatic carbocycles. The molecule has 0 saturated carbocycles. The van der Waals surface area contributed by atoms with E-state index in [1.165, 1.54) is 0 Å². The topological polar surface area (TPSA) is 64.1 Å². The van der Waals surface area contributed by atoms with Gasteiger partial charge in [-0.3, -0.25) is 4.79 Å². The maximum Gasteiger partial charge on any atom is 0.265 e. The minimum Gasteiger partial charge on any atom is -0.298 e. The Kier molecular flexibility index (Phi) is 2.63. The number of nitrogens with zero attached hydrogens (tertiary/aromatic N) is 1. The first-order chi connectivity index (χ1) is 5.95. The van der Waals surface area contributed by atoms with Gasteiger partial charge in [-0.15, -0.1) is 0 Å². The van der Waals surface area contributed by atoms with E-state index in [1.54, 1.807) is 0 Å². The van der Waals surface area contributed by atoms with Gasteiger partial charge in [-0.05, 0) is 6.07 Å². The van der Waals surface area contributed by atoms with Crippen LogP contribution in [0.4, 0.5) is 4.39 Å². The number of aromatic nitrogens is 1. The fraction of sp³-hybridized carbons (Fsp3) is 0. The van der Waals surface area contributed by atoms with Gasteiger partial charge in [0, 0.05) is 22.4 Å². The number of carbonyl (C=O) groups excluding carboxylic acids is 1. The highest BCUT2D eigenvalue weighted by Crippen LogP contribution is 2.17. The Hall–Kier alpha value is -1.01. The number of pyridine rings is 1. The lowest BCUT2D eigenvalue weighted by Gasteiger charge is -1.97. The van der Waals surface area contributed by atoms with Crippen molar-refractivity contribution in [1.82, 2.24) is 4.98 Å². The number of hydrogen-bond donors (Lipinski definition) is 0. The predicted molar refractivity (Wildman–Crippen MR) is 42.6 cm³/mol. The molecule has 0 spiro atoms. The Morgan fingerprint density at radius 2 is 2.15 bits per heavy atom. The third-order valence-corrected chi connectivity index (χ3v) is 2.54. The maximum absolute atomic E-state index is 12.7. The van der Waals surface area contributed by atoms with Crippen molar-refractivity contribution in [3.05, 3.63) is 23.8 Å². The molecule has 0 aliphatic rings. The second-order valence-electron chi connectivity index (χ2n) is 2.11. The zero-order valence-corrected chi connectivity index (χ0v) is 7.64. The molecule has 1 aromatic heterocycles. The van der Waals surface area contributed by atoms with E-state index in [4.69, 9.17) is 10.7 Å². The van der Waals surface area contributed by atoms with Crippen LogP contribution in [0.2, 0.25) is 0 Å². The highest BCUT2D eigenvalue weighted by molar-refractivity contribution is 8.13. The van der Waals surface area contributed by atoms with Crippen LogP contribution in [-0.2, 0) is 9.05 Å². The smallest absolute Gasteiger partial charge is 0.265 e. The Labute approximate surface area is 77.8 Å². The molecule has 1 heterocycles. The summed E-state index contributed by atoms with van der Waals surface area (Å²) in [4.78, 5) is 12.5. The number of hydrogen-bond acceptors (Lipinski definition) is 4. The molecule has 0 amide bonds. The fourth-order valence-corrected chi connectivity index (χ4v) is 1.53. The van der Waals surface area contributed by atoms with Crippen molar-refractivity contribution in [2.45, 2.75) is 4.90 Å². The molecule has 7 heteroatoms. The maximum atomic E-state index is 12.7. The van der Waals surface area contributed by atoms with Gasteiger partial charge in [-0.1, -0.05) is 0 Å². The third-order valence-electron chi connectivity index (χ3n) is 1.23. The number of aldehydes is 1. The van der Waals surface area contributed by atoms with Crippen LogP contribution >= 0.6 is 10.7 Å².